The maximum atomic E-state index is 5.48. The highest BCUT2D eigenvalue weighted by Gasteiger charge is 2.11. The molecule has 136 valence electrons. The second kappa shape index (κ2) is 9.27. The lowest BCUT2D eigenvalue weighted by atomic mass is 10.2. The van der Waals surface area contributed by atoms with Gasteiger partial charge in [-0.1, -0.05) is 12.1 Å². The van der Waals surface area contributed by atoms with Gasteiger partial charge in [-0.15, -0.1) is 11.3 Å². The first-order valence-electron chi connectivity index (χ1n) is 8.19. The lowest BCUT2D eigenvalue weighted by Crippen LogP contribution is -2.38. The summed E-state index contributed by atoms with van der Waals surface area (Å²) in [6.07, 6.45) is 0. The third-order valence-corrected chi connectivity index (χ3v) is 4.47. The zero-order valence-corrected chi connectivity index (χ0v) is 16.3. The Morgan fingerprint density at radius 3 is 2.72 bits per heavy atom. The number of methoxy groups -OCH3 is 2. The number of para-hydroxylation sites is 1. The Bertz CT molecular complexity index is 715. The summed E-state index contributed by atoms with van der Waals surface area (Å²) in [6, 6.07) is 5.83. The zero-order chi connectivity index (χ0) is 18.2. The van der Waals surface area contributed by atoms with Gasteiger partial charge in [0.1, 0.15) is 0 Å². The number of thiazole rings is 1. The summed E-state index contributed by atoms with van der Waals surface area (Å²) in [5.74, 6) is 2.27. The third kappa shape index (κ3) is 5.09. The quantitative estimate of drug-likeness (QED) is 0.606. The molecule has 0 aliphatic carbocycles. The van der Waals surface area contributed by atoms with Gasteiger partial charge in [-0.25, -0.2) is 9.98 Å². The molecule has 0 fully saturated rings. The lowest BCUT2D eigenvalue weighted by molar-refractivity contribution is 0.351. The van der Waals surface area contributed by atoms with Crippen molar-refractivity contribution in [1.82, 2.24) is 15.2 Å². The Kier molecular flexibility index (Phi) is 7.06. The monoisotopic (exact) mass is 362 g/mol. The van der Waals surface area contributed by atoms with E-state index in [0.29, 0.717) is 18.8 Å². The fourth-order valence-corrected chi connectivity index (χ4v) is 3.11. The van der Waals surface area contributed by atoms with Crippen LogP contribution in [0, 0.1) is 6.92 Å². The van der Waals surface area contributed by atoms with Crippen LogP contribution in [-0.2, 0) is 13.1 Å². The molecule has 0 aliphatic heterocycles. The first-order chi connectivity index (χ1) is 12.1. The number of hydrogen-bond donors (Lipinski definition) is 1. The van der Waals surface area contributed by atoms with E-state index in [9.17, 15) is 0 Å². The fourth-order valence-electron chi connectivity index (χ4n) is 2.51. The van der Waals surface area contributed by atoms with Gasteiger partial charge in [-0.3, -0.25) is 0 Å². The van der Waals surface area contributed by atoms with Gasteiger partial charge in [-0.05, 0) is 19.9 Å². The molecule has 0 atom stereocenters. The predicted molar refractivity (Wildman–Crippen MR) is 103 cm³/mol. The maximum absolute atomic E-state index is 5.48. The van der Waals surface area contributed by atoms with E-state index < -0.39 is 0 Å². The number of aliphatic imine (C=N–C) groups is 1. The summed E-state index contributed by atoms with van der Waals surface area (Å²) >= 11 is 1.66. The van der Waals surface area contributed by atoms with Crippen molar-refractivity contribution < 1.29 is 9.47 Å². The average Bonchev–Trinajstić information content (AvgIpc) is 3.02. The minimum atomic E-state index is 0.503. The number of aryl methyl sites for hydroxylation is 1. The Morgan fingerprint density at radius 1 is 1.32 bits per heavy atom. The molecule has 0 amide bonds. The Labute approximate surface area is 153 Å². The normalized spacial score (nSPS) is 11.3. The molecule has 0 saturated heterocycles. The van der Waals surface area contributed by atoms with E-state index in [2.05, 4.69) is 27.5 Å². The molecule has 0 saturated carbocycles. The molecule has 1 N–H and O–H groups in total. The molecule has 7 heteroatoms. The van der Waals surface area contributed by atoms with Gasteiger partial charge in [0.25, 0.3) is 0 Å². The van der Waals surface area contributed by atoms with Crippen LogP contribution >= 0.6 is 11.3 Å². The molecule has 2 rings (SSSR count). The maximum Gasteiger partial charge on any atom is 0.194 e. The Morgan fingerprint density at radius 2 is 2.12 bits per heavy atom. The van der Waals surface area contributed by atoms with E-state index in [1.807, 2.05) is 32.2 Å². The number of rotatable bonds is 7. The molecule has 0 spiro atoms. The van der Waals surface area contributed by atoms with Crippen LogP contribution in [-0.4, -0.2) is 43.7 Å². The number of hydrogen-bond acceptors (Lipinski definition) is 5. The summed E-state index contributed by atoms with van der Waals surface area (Å²) < 4.78 is 10.8. The van der Waals surface area contributed by atoms with Crippen LogP contribution in [0.15, 0.2) is 28.6 Å². The van der Waals surface area contributed by atoms with E-state index in [0.717, 1.165) is 34.5 Å². The molecule has 0 bridgehead atoms. The molecular formula is C18H26N4O2S. The SMILES string of the molecule is CCNC(=NCc1cccc(OC)c1OC)N(C)Cc1csc(C)n1. The molecule has 25 heavy (non-hydrogen) atoms. The van der Waals surface area contributed by atoms with Crippen LogP contribution in [0.5, 0.6) is 11.5 Å². The van der Waals surface area contributed by atoms with Gasteiger partial charge >= 0.3 is 0 Å². The van der Waals surface area contributed by atoms with Crippen molar-refractivity contribution in [2.45, 2.75) is 26.9 Å². The molecule has 1 heterocycles. The van der Waals surface area contributed by atoms with E-state index >= 15 is 0 Å². The molecule has 6 nitrogen and oxygen atoms in total. The van der Waals surface area contributed by atoms with Crippen molar-refractivity contribution in [1.29, 1.82) is 0 Å². The van der Waals surface area contributed by atoms with Crippen LogP contribution < -0.4 is 14.8 Å². The molecule has 0 unspecified atom stereocenters. The van der Waals surface area contributed by atoms with Crippen molar-refractivity contribution in [2.24, 2.45) is 4.99 Å². The highest BCUT2D eigenvalue weighted by Crippen LogP contribution is 2.31. The largest absolute Gasteiger partial charge is 0.493 e. The Balaban J connectivity index is 2.16. The summed E-state index contributed by atoms with van der Waals surface area (Å²) in [5.41, 5.74) is 2.03. The second-order valence-electron chi connectivity index (χ2n) is 5.54. The number of nitrogens with one attached hydrogen (secondary N) is 1. The highest BCUT2D eigenvalue weighted by atomic mass is 32.1. The van der Waals surface area contributed by atoms with Crippen LogP contribution in [0.2, 0.25) is 0 Å². The van der Waals surface area contributed by atoms with Crippen LogP contribution in [0.1, 0.15) is 23.2 Å². The van der Waals surface area contributed by atoms with Crippen molar-refractivity contribution >= 4 is 17.3 Å². The molecular weight excluding hydrogens is 336 g/mol. The summed E-state index contributed by atoms with van der Waals surface area (Å²) in [4.78, 5) is 11.3. The van der Waals surface area contributed by atoms with Gasteiger partial charge in [0, 0.05) is 24.5 Å². The minimum Gasteiger partial charge on any atom is -0.493 e. The van der Waals surface area contributed by atoms with E-state index in [-0.39, 0.29) is 0 Å². The van der Waals surface area contributed by atoms with Crippen LogP contribution in [0.4, 0.5) is 0 Å². The minimum absolute atomic E-state index is 0.503. The van der Waals surface area contributed by atoms with Crippen molar-refractivity contribution in [3.8, 4) is 11.5 Å². The second-order valence-corrected chi connectivity index (χ2v) is 6.60. The lowest BCUT2D eigenvalue weighted by Gasteiger charge is -2.21. The number of benzene rings is 1. The van der Waals surface area contributed by atoms with E-state index in [1.165, 1.54) is 0 Å². The summed E-state index contributed by atoms with van der Waals surface area (Å²) in [7, 11) is 5.30. The molecule has 0 aliphatic rings. The van der Waals surface area contributed by atoms with Gasteiger partial charge in [-0.2, -0.15) is 0 Å². The number of guanidine groups is 1. The average molecular weight is 362 g/mol. The van der Waals surface area contributed by atoms with E-state index in [1.54, 1.807) is 25.6 Å². The van der Waals surface area contributed by atoms with Crippen molar-refractivity contribution in [2.75, 3.05) is 27.8 Å². The van der Waals surface area contributed by atoms with Gasteiger partial charge in [0.15, 0.2) is 17.5 Å². The third-order valence-electron chi connectivity index (χ3n) is 3.65. The van der Waals surface area contributed by atoms with Gasteiger partial charge < -0.3 is 19.7 Å². The van der Waals surface area contributed by atoms with Crippen LogP contribution in [0.3, 0.4) is 0 Å². The highest BCUT2D eigenvalue weighted by molar-refractivity contribution is 7.09. The van der Waals surface area contributed by atoms with Gasteiger partial charge in [0.2, 0.25) is 0 Å². The summed E-state index contributed by atoms with van der Waals surface area (Å²) in [6.45, 7) is 6.09. The molecule has 1 aromatic carbocycles. The first kappa shape index (κ1) is 19.1. The molecule has 2 aromatic rings. The van der Waals surface area contributed by atoms with Crippen LogP contribution in [0.25, 0.3) is 0 Å². The number of nitrogens with zero attached hydrogens (tertiary/aromatic N) is 3. The fraction of sp³-hybridized carbons (Fsp3) is 0.444. The zero-order valence-electron chi connectivity index (χ0n) is 15.5. The van der Waals surface area contributed by atoms with Crippen molar-refractivity contribution in [3.63, 3.8) is 0 Å². The van der Waals surface area contributed by atoms with Gasteiger partial charge in [0.05, 0.1) is 38.0 Å². The number of ether oxygens (including phenoxy) is 2. The standard InChI is InChI=1S/C18H26N4O2S/c1-6-19-18(22(3)11-15-12-25-13(2)21-15)20-10-14-8-7-9-16(23-4)17(14)24-5/h7-9,12H,6,10-11H2,1-5H3,(H,19,20). The van der Waals surface area contributed by atoms with E-state index in [4.69, 9.17) is 14.5 Å². The smallest absolute Gasteiger partial charge is 0.194 e. The van der Waals surface area contributed by atoms with Crippen molar-refractivity contribution in [3.05, 3.63) is 39.8 Å². The Hall–Kier alpha value is -2.28. The number of aromatic nitrogens is 1. The summed E-state index contributed by atoms with van der Waals surface area (Å²) in [5, 5.41) is 6.48. The topological polar surface area (TPSA) is 59.0 Å². The molecule has 0 radical (unpaired) electrons. The first-order valence-corrected chi connectivity index (χ1v) is 9.07. The molecule has 1 aromatic heterocycles. The predicted octanol–water partition coefficient (Wildman–Crippen LogP) is 3.07.